The monoisotopic (exact) mass is 743 g/mol. The molecule has 5 aromatic rings. The number of benzene rings is 5. The fraction of sp³-hybridized carbons (Fsp3) is 0.171. The third kappa shape index (κ3) is 7.40. The van der Waals surface area contributed by atoms with E-state index in [0.29, 0.717) is 4.71 Å². The van der Waals surface area contributed by atoms with E-state index in [2.05, 4.69) is 183 Å². The van der Waals surface area contributed by atoms with Crippen LogP contribution in [0, 0.1) is 0 Å². The Bertz CT molecular complexity index is 1530. The predicted molar refractivity (Wildman–Crippen MR) is 193 cm³/mol. The van der Waals surface area contributed by atoms with E-state index in [-0.39, 0.29) is 0 Å². The van der Waals surface area contributed by atoms with E-state index in [1.807, 2.05) is 0 Å². The molecular weight excluding hydrogens is 700 g/mol. The minimum absolute atomic E-state index is 0.461. The average molecular weight is 742 g/mol. The normalized spacial score (nSPS) is 15.0. The van der Waals surface area contributed by atoms with Crippen molar-refractivity contribution in [2.45, 2.75) is 18.0 Å². The second-order valence-corrected chi connectivity index (χ2v) is 29.0. The van der Waals surface area contributed by atoms with Gasteiger partial charge in [-0.1, -0.05) is 0 Å². The van der Waals surface area contributed by atoms with Gasteiger partial charge in [0, 0.05) is 0 Å². The van der Waals surface area contributed by atoms with Crippen LogP contribution in [0.2, 0.25) is 4.71 Å². The summed E-state index contributed by atoms with van der Waals surface area (Å²) in [5.41, 5.74) is 6.17. The SMILES string of the molecule is CN(C)CC1=[C]([Sn]([CH2]c2ccccc2)([CH2]c2ccccc2)[CH2]c2ccccc2)C=CC1[As](c1ccccc1)c1ccccc1. The van der Waals surface area contributed by atoms with Gasteiger partial charge in [-0.25, -0.2) is 0 Å². The number of hydrogen-bond acceptors (Lipinski definition) is 1. The van der Waals surface area contributed by atoms with Gasteiger partial charge < -0.3 is 0 Å². The molecule has 0 heterocycles. The number of likely N-dealkylation sites (N-methyl/N-ethyl adjacent to an activating group) is 1. The van der Waals surface area contributed by atoms with Gasteiger partial charge in [0.2, 0.25) is 0 Å². The molecule has 0 fully saturated rings. The number of allylic oxidation sites excluding steroid dienone is 3. The fourth-order valence-corrected chi connectivity index (χ4v) is 28.7. The molecule has 1 aliphatic rings. The van der Waals surface area contributed by atoms with E-state index >= 15 is 0 Å². The summed E-state index contributed by atoms with van der Waals surface area (Å²) >= 11 is -5.01. The van der Waals surface area contributed by atoms with Crippen LogP contribution in [-0.4, -0.2) is 58.6 Å². The summed E-state index contributed by atoms with van der Waals surface area (Å²) in [5.74, 6) is 0. The van der Waals surface area contributed by atoms with E-state index in [4.69, 9.17) is 0 Å². The molecule has 0 N–H and O–H groups in total. The van der Waals surface area contributed by atoms with Gasteiger partial charge in [-0.05, 0) is 0 Å². The molecule has 1 atom stereocenters. The maximum absolute atomic E-state index is 3.30. The second-order valence-electron chi connectivity index (χ2n) is 12.3. The molecule has 6 rings (SSSR count). The maximum atomic E-state index is 2.64. The van der Waals surface area contributed by atoms with Crippen molar-refractivity contribution in [3.8, 4) is 0 Å². The molecule has 0 bridgehead atoms. The molecule has 0 amide bonds. The molecule has 3 heteroatoms. The second kappa shape index (κ2) is 14.8. The summed E-state index contributed by atoms with van der Waals surface area (Å²) in [7, 11) is 4.51. The van der Waals surface area contributed by atoms with Gasteiger partial charge in [-0.2, -0.15) is 0 Å². The van der Waals surface area contributed by atoms with Gasteiger partial charge in [-0.15, -0.1) is 0 Å². The molecule has 1 aliphatic carbocycles. The van der Waals surface area contributed by atoms with Crippen molar-refractivity contribution in [2.24, 2.45) is 0 Å². The van der Waals surface area contributed by atoms with E-state index in [1.165, 1.54) is 38.7 Å². The molecule has 0 saturated heterocycles. The zero-order valence-electron chi connectivity index (χ0n) is 25.9. The van der Waals surface area contributed by atoms with Crippen LogP contribution >= 0.6 is 0 Å². The third-order valence-corrected chi connectivity index (χ3v) is 28.4. The molecule has 5 aromatic carbocycles. The topological polar surface area (TPSA) is 3.24 Å². The van der Waals surface area contributed by atoms with Crippen molar-refractivity contribution in [3.63, 3.8) is 0 Å². The molecule has 220 valence electrons. The Kier molecular flexibility index (Phi) is 10.4. The van der Waals surface area contributed by atoms with Crippen LogP contribution in [0.15, 0.2) is 173 Å². The van der Waals surface area contributed by atoms with E-state index in [1.54, 1.807) is 9.16 Å². The van der Waals surface area contributed by atoms with Crippen molar-refractivity contribution < 1.29 is 0 Å². The first-order valence-electron chi connectivity index (χ1n) is 15.7. The Morgan fingerprint density at radius 3 is 1.25 bits per heavy atom. The standard InChI is InChI=1S/C20H21AsN.3C7H7.Sn/c1-22(2)16-17-10-9-15-20(17)21(18-11-5-3-6-12-18)19-13-7-4-8-14-19;3*1-7-5-3-2-4-6-7;/h3-9,11-15,20H,16H2,1-2H3;3*2-6H,1H2;. The summed E-state index contributed by atoms with van der Waals surface area (Å²) < 4.78 is 8.89. The first-order valence-corrected chi connectivity index (χ1v) is 26.1. The van der Waals surface area contributed by atoms with Crippen LogP contribution in [0.25, 0.3) is 0 Å². The van der Waals surface area contributed by atoms with Crippen LogP contribution in [-0.2, 0) is 13.3 Å². The Morgan fingerprint density at radius 2 is 0.886 bits per heavy atom. The average Bonchev–Trinajstić information content (AvgIpc) is 3.46. The van der Waals surface area contributed by atoms with E-state index in [9.17, 15) is 0 Å². The van der Waals surface area contributed by atoms with Crippen LogP contribution in [0.1, 0.15) is 16.7 Å². The zero-order chi connectivity index (χ0) is 30.2. The molecule has 44 heavy (non-hydrogen) atoms. The Labute approximate surface area is 273 Å². The van der Waals surface area contributed by atoms with Crippen LogP contribution in [0.5, 0.6) is 0 Å². The van der Waals surface area contributed by atoms with Gasteiger partial charge in [0.05, 0.1) is 0 Å². The van der Waals surface area contributed by atoms with Gasteiger partial charge >= 0.3 is 275 Å². The van der Waals surface area contributed by atoms with Gasteiger partial charge in [0.1, 0.15) is 0 Å². The predicted octanol–water partition coefficient (Wildman–Crippen LogP) is 7.43. The minimum atomic E-state index is -3.30. The van der Waals surface area contributed by atoms with Gasteiger partial charge in [0.25, 0.3) is 0 Å². The molecule has 1 unspecified atom stereocenters. The quantitative estimate of drug-likeness (QED) is 0.120. The van der Waals surface area contributed by atoms with E-state index in [0.717, 1.165) is 6.54 Å². The molecule has 0 saturated carbocycles. The van der Waals surface area contributed by atoms with Crippen LogP contribution in [0.4, 0.5) is 0 Å². The summed E-state index contributed by atoms with van der Waals surface area (Å²) in [5, 5.41) is 0. The van der Waals surface area contributed by atoms with Crippen molar-refractivity contribution >= 4 is 41.7 Å². The molecule has 0 aromatic heterocycles. The molecule has 0 radical (unpaired) electrons. The molecule has 0 aliphatic heterocycles. The third-order valence-electron chi connectivity index (χ3n) is 8.71. The van der Waals surface area contributed by atoms with E-state index < -0.39 is 33.0 Å². The van der Waals surface area contributed by atoms with Gasteiger partial charge in [0.15, 0.2) is 0 Å². The summed E-state index contributed by atoms with van der Waals surface area (Å²) in [4.78, 5) is 2.42. The molecular formula is C41H42AsNSn. The van der Waals surface area contributed by atoms with Crippen molar-refractivity contribution in [1.82, 2.24) is 4.90 Å². The summed E-state index contributed by atoms with van der Waals surface area (Å²) in [6.45, 7) is 1.01. The van der Waals surface area contributed by atoms with Crippen LogP contribution < -0.4 is 8.70 Å². The van der Waals surface area contributed by atoms with Crippen molar-refractivity contribution in [3.05, 3.63) is 190 Å². The summed E-state index contributed by atoms with van der Waals surface area (Å²) in [6, 6.07) is 56.9. The Balaban J connectivity index is 1.57. The Hall–Kier alpha value is -3.10. The van der Waals surface area contributed by atoms with Gasteiger partial charge in [-0.3, -0.25) is 0 Å². The Morgan fingerprint density at radius 1 is 0.523 bits per heavy atom. The van der Waals surface area contributed by atoms with Crippen molar-refractivity contribution in [1.29, 1.82) is 0 Å². The molecule has 1 nitrogen and oxygen atoms in total. The fourth-order valence-electron chi connectivity index (χ4n) is 6.93. The number of rotatable bonds is 12. The zero-order valence-corrected chi connectivity index (χ0v) is 30.6. The summed E-state index contributed by atoms with van der Waals surface area (Å²) in [6.07, 6.45) is 5.28. The molecule has 0 spiro atoms. The first-order chi connectivity index (χ1) is 21.6. The van der Waals surface area contributed by atoms with Crippen LogP contribution in [0.3, 0.4) is 0 Å². The number of hydrogen-bond donors (Lipinski definition) is 0. The number of nitrogens with zero attached hydrogens (tertiary/aromatic N) is 1. The van der Waals surface area contributed by atoms with Crippen molar-refractivity contribution in [2.75, 3.05) is 20.6 Å². The first kappa shape index (κ1) is 30.9.